The lowest BCUT2D eigenvalue weighted by Crippen LogP contribution is -2.58. The van der Waals surface area contributed by atoms with E-state index >= 15 is 0 Å². The van der Waals surface area contributed by atoms with Crippen LogP contribution in [0.2, 0.25) is 0 Å². The molecule has 1 rings (SSSR count). The van der Waals surface area contributed by atoms with Gasteiger partial charge in [-0.05, 0) is 26.2 Å². The molecule has 4 heteroatoms. The van der Waals surface area contributed by atoms with E-state index in [1.165, 1.54) is 0 Å². The maximum Gasteiger partial charge on any atom is 0.130 e. The minimum Gasteiger partial charge on any atom is -0.363 e. The van der Waals surface area contributed by atoms with Gasteiger partial charge in [-0.15, -0.1) is 11.6 Å². The van der Waals surface area contributed by atoms with E-state index < -0.39 is 0 Å². The van der Waals surface area contributed by atoms with Crippen LogP contribution < -0.4 is 0 Å². The zero-order valence-corrected chi connectivity index (χ0v) is 11.8. The molecule has 0 bridgehead atoms. The van der Waals surface area contributed by atoms with Gasteiger partial charge in [0.15, 0.2) is 0 Å². The highest BCUT2D eigenvalue weighted by Crippen LogP contribution is 2.25. The molecule has 0 N–H and O–H groups in total. The number of hydrogen-bond acceptors (Lipinski definition) is 3. The summed E-state index contributed by atoms with van der Waals surface area (Å²) in [5.74, 6) is 0. The van der Waals surface area contributed by atoms with Crippen LogP contribution in [-0.4, -0.2) is 47.9 Å². The lowest BCUT2D eigenvalue weighted by molar-refractivity contribution is -0.222. The first-order chi connectivity index (χ1) is 7.57. The minimum atomic E-state index is -0.187. The molecule has 0 aromatic rings. The molecule has 1 heterocycles. The molecule has 0 aromatic heterocycles. The summed E-state index contributed by atoms with van der Waals surface area (Å²) in [5, 5.41) is 5.09. The van der Waals surface area contributed by atoms with E-state index in [4.69, 9.17) is 16.3 Å². The Labute approximate surface area is 105 Å². The first-order valence-corrected chi connectivity index (χ1v) is 6.72. The van der Waals surface area contributed by atoms with Gasteiger partial charge < -0.3 is 4.74 Å². The first kappa shape index (κ1) is 14.2. The largest absolute Gasteiger partial charge is 0.363 e. The molecule has 1 aliphatic rings. The molecule has 0 radical (unpaired) electrons. The summed E-state index contributed by atoms with van der Waals surface area (Å²) < 4.78 is 5.67. The van der Waals surface area contributed by atoms with Crippen LogP contribution >= 0.6 is 11.6 Å². The third kappa shape index (κ3) is 3.10. The summed E-state index contributed by atoms with van der Waals surface area (Å²) in [7, 11) is 1.79. The Kier molecular flexibility index (Phi) is 5.51. The van der Waals surface area contributed by atoms with Gasteiger partial charge in [-0.25, -0.2) is 10.0 Å². The van der Waals surface area contributed by atoms with Crippen molar-refractivity contribution in [2.24, 2.45) is 0 Å². The van der Waals surface area contributed by atoms with Crippen LogP contribution in [0.25, 0.3) is 0 Å². The fraction of sp³-hybridized carbons (Fsp3) is 1.00. The summed E-state index contributed by atoms with van der Waals surface area (Å²) in [5.41, 5.74) is -0.187. The van der Waals surface area contributed by atoms with E-state index in [1.807, 2.05) is 0 Å². The van der Waals surface area contributed by atoms with Gasteiger partial charge in [-0.1, -0.05) is 13.8 Å². The third-order valence-electron chi connectivity index (χ3n) is 3.68. The van der Waals surface area contributed by atoms with Crippen LogP contribution in [0.1, 0.15) is 40.0 Å². The third-order valence-corrected chi connectivity index (χ3v) is 4.12. The molecule has 16 heavy (non-hydrogen) atoms. The van der Waals surface area contributed by atoms with Gasteiger partial charge in [0, 0.05) is 32.1 Å². The predicted octanol–water partition coefficient (Wildman–Crippen LogP) is 2.70. The Morgan fingerprint density at radius 3 is 2.31 bits per heavy atom. The lowest BCUT2D eigenvalue weighted by atomic mass is 10.1. The SMILES string of the molecule is CCN(N1CCC(Cl)CC1)C(C)(CC)OC. The van der Waals surface area contributed by atoms with Gasteiger partial charge in [-0.2, -0.15) is 0 Å². The van der Waals surface area contributed by atoms with Crippen molar-refractivity contribution in [3.63, 3.8) is 0 Å². The van der Waals surface area contributed by atoms with Gasteiger partial charge >= 0.3 is 0 Å². The quantitative estimate of drug-likeness (QED) is 0.550. The lowest BCUT2D eigenvalue weighted by Gasteiger charge is -2.47. The Bertz CT molecular complexity index is 201. The zero-order chi connectivity index (χ0) is 12.2. The van der Waals surface area contributed by atoms with Crippen LogP contribution in [0.15, 0.2) is 0 Å². The van der Waals surface area contributed by atoms with Crippen molar-refractivity contribution in [1.29, 1.82) is 0 Å². The number of hydrazine groups is 1. The van der Waals surface area contributed by atoms with Gasteiger partial charge in [-0.3, -0.25) is 0 Å². The molecule has 0 spiro atoms. The predicted molar refractivity (Wildman–Crippen MR) is 68.5 cm³/mol. The van der Waals surface area contributed by atoms with Gasteiger partial charge in [0.05, 0.1) is 0 Å². The zero-order valence-electron chi connectivity index (χ0n) is 11.0. The topological polar surface area (TPSA) is 15.7 Å². The molecule has 1 aliphatic heterocycles. The monoisotopic (exact) mass is 248 g/mol. The van der Waals surface area contributed by atoms with E-state index in [0.717, 1.165) is 38.9 Å². The van der Waals surface area contributed by atoms with Gasteiger partial charge in [0.1, 0.15) is 5.72 Å². The van der Waals surface area contributed by atoms with E-state index in [1.54, 1.807) is 7.11 Å². The average Bonchev–Trinajstić information content (AvgIpc) is 2.32. The second kappa shape index (κ2) is 6.20. The Morgan fingerprint density at radius 2 is 1.94 bits per heavy atom. The van der Waals surface area contributed by atoms with Crippen LogP contribution in [-0.2, 0) is 4.74 Å². The number of methoxy groups -OCH3 is 1. The van der Waals surface area contributed by atoms with Crippen molar-refractivity contribution < 1.29 is 4.74 Å². The standard InChI is InChI=1S/C12H25ClN2O/c1-5-12(3,16-4)15(6-2)14-9-7-11(13)8-10-14/h11H,5-10H2,1-4H3. The fourth-order valence-corrected chi connectivity index (χ4v) is 2.54. The molecule has 0 aromatic carbocycles. The van der Waals surface area contributed by atoms with Crippen LogP contribution in [0.3, 0.4) is 0 Å². The highest BCUT2D eigenvalue weighted by atomic mass is 35.5. The number of alkyl halides is 1. The summed E-state index contributed by atoms with van der Waals surface area (Å²) in [6, 6.07) is 0. The fourth-order valence-electron chi connectivity index (χ4n) is 2.34. The summed E-state index contributed by atoms with van der Waals surface area (Å²) in [6.07, 6.45) is 3.13. The van der Waals surface area contributed by atoms with E-state index in [9.17, 15) is 0 Å². The van der Waals surface area contributed by atoms with Crippen molar-refractivity contribution in [3.05, 3.63) is 0 Å². The van der Waals surface area contributed by atoms with Crippen molar-refractivity contribution in [3.8, 4) is 0 Å². The Hall–Kier alpha value is 0.170. The number of nitrogens with zero attached hydrogens (tertiary/aromatic N) is 2. The molecule has 0 saturated carbocycles. The second-order valence-electron chi connectivity index (χ2n) is 4.58. The maximum absolute atomic E-state index is 6.14. The molecule has 3 nitrogen and oxygen atoms in total. The number of halogens is 1. The molecule has 0 aliphatic carbocycles. The highest BCUT2D eigenvalue weighted by Gasteiger charge is 2.34. The average molecular weight is 249 g/mol. The summed E-state index contributed by atoms with van der Waals surface area (Å²) in [6.45, 7) is 9.57. The number of rotatable bonds is 5. The molecule has 0 amide bonds. The maximum atomic E-state index is 6.14. The normalized spacial score (nSPS) is 23.6. The molecule has 96 valence electrons. The van der Waals surface area contributed by atoms with Crippen LogP contribution in [0.5, 0.6) is 0 Å². The summed E-state index contributed by atoms with van der Waals surface area (Å²) in [4.78, 5) is 0. The number of ether oxygens (including phenoxy) is 1. The minimum absolute atomic E-state index is 0.187. The molecule has 1 fully saturated rings. The van der Waals surface area contributed by atoms with Crippen molar-refractivity contribution in [2.45, 2.75) is 51.1 Å². The summed E-state index contributed by atoms with van der Waals surface area (Å²) >= 11 is 6.14. The molecular formula is C12H25ClN2O. The van der Waals surface area contributed by atoms with Gasteiger partial charge in [0.25, 0.3) is 0 Å². The van der Waals surface area contributed by atoms with E-state index in [-0.39, 0.29) is 5.72 Å². The molecule has 1 atom stereocenters. The first-order valence-electron chi connectivity index (χ1n) is 6.29. The second-order valence-corrected chi connectivity index (χ2v) is 5.19. The Balaban J connectivity index is 2.66. The smallest absolute Gasteiger partial charge is 0.130 e. The molecule has 1 saturated heterocycles. The Morgan fingerprint density at radius 1 is 1.38 bits per heavy atom. The molecular weight excluding hydrogens is 224 g/mol. The van der Waals surface area contributed by atoms with E-state index in [2.05, 4.69) is 30.8 Å². The van der Waals surface area contributed by atoms with Crippen LogP contribution in [0, 0.1) is 0 Å². The number of hydrogen-bond donors (Lipinski definition) is 0. The van der Waals surface area contributed by atoms with Crippen molar-refractivity contribution >= 4 is 11.6 Å². The molecule has 1 unspecified atom stereocenters. The highest BCUT2D eigenvalue weighted by molar-refractivity contribution is 6.20. The van der Waals surface area contributed by atoms with Crippen LogP contribution in [0.4, 0.5) is 0 Å². The van der Waals surface area contributed by atoms with E-state index in [0.29, 0.717) is 5.38 Å². The van der Waals surface area contributed by atoms with Gasteiger partial charge in [0.2, 0.25) is 0 Å². The van der Waals surface area contributed by atoms with Crippen molar-refractivity contribution in [1.82, 2.24) is 10.0 Å². The number of piperidine rings is 1. The van der Waals surface area contributed by atoms with Crippen molar-refractivity contribution in [2.75, 3.05) is 26.7 Å².